The van der Waals surface area contributed by atoms with E-state index in [0.29, 0.717) is 19.7 Å². The number of rotatable bonds is 8. The van der Waals surface area contributed by atoms with E-state index in [4.69, 9.17) is 16.3 Å². The Morgan fingerprint density at radius 1 is 1.50 bits per heavy atom. The molecular formula is C11H15ClN4O4. The van der Waals surface area contributed by atoms with Gasteiger partial charge in [0.2, 0.25) is 5.91 Å². The van der Waals surface area contributed by atoms with Crippen molar-refractivity contribution in [3.05, 3.63) is 27.4 Å². The molecule has 0 aliphatic heterocycles. The number of nitrogens with one attached hydrogen (secondary N) is 2. The monoisotopic (exact) mass is 302 g/mol. The molecule has 1 amide bonds. The second-order valence-corrected chi connectivity index (χ2v) is 4.20. The summed E-state index contributed by atoms with van der Waals surface area (Å²) in [4.78, 5) is 25.4. The maximum atomic E-state index is 11.4. The van der Waals surface area contributed by atoms with Gasteiger partial charge >= 0.3 is 0 Å². The van der Waals surface area contributed by atoms with Crippen LogP contribution in [-0.4, -0.2) is 42.6 Å². The van der Waals surface area contributed by atoms with E-state index in [2.05, 4.69) is 15.6 Å². The number of pyridine rings is 1. The second-order valence-electron chi connectivity index (χ2n) is 3.81. The summed E-state index contributed by atoms with van der Waals surface area (Å²) < 4.78 is 4.80. The molecule has 9 heteroatoms. The zero-order chi connectivity index (χ0) is 15.0. The Morgan fingerprint density at radius 2 is 2.25 bits per heavy atom. The largest absolute Gasteiger partial charge is 0.383 e. The lowest BCUT2D eigenvalue weighted by atomic mass is 10.3. The predicted molar refractivity (Wildman–Crippen MR) is 73.9 cm³/mol. The van der Waals surface area contributed by atoms with Crippen LogP contribution in [0.4, 0.5) is 11.5 Å². The van der Waals surface area contributed by atoms with Gasteiger partial charge in [0.1, 0.15) is 11.0 Å². The minimum Gasteiger partial charge on any atom is -0.383 e. The van der Waals surface area contributed by atoms with Crippen molar-refractivity contribution in [2.24, 2.45) is 0 Å². The summed E-state index contributed by atoms with van der Waals surface area (Å²) in [5.41, 5.74) is -0.156. The molecule has 20 heavy (non-hydrogen) atoms. The maximum Gasteiger partial charge on any atom is 0.276 e. The molecule has 0 bridgehead atoms. The highest BCUT2D eigenvalue weighted by Gasteiger charge is 2.10. The van der Waals surface area contributed by atoms with Crippen LogP contribution in [0.15, 0.2) is 12.1 Å². The van der Waals surface area contributed by atoms with Crippen molar-refractivity contribution in [2.75, 3.05) is 32.1 Å². The molecule has 0 aliphatic carbocycles. The van der Waals surface area contributed by atoms with E-state index >= 15 is 0 Å². The Hall–Kier alpha value is -1.93. The third-order valence-electron chi connectivity index (χ3n) is 2.28. The van der Waals surface area contributed by atoms with Gasteiger partial charge in [-0.15, -0.1) is 0 Å². The number of hydrogen-bond donors (Lipinski definition) is 2. The van der Waals surface area contributed by atoms with Crippen molar-refractivity contribution in [1.82, 2.24) is 10.3 Å². The Kier molecular flexibility index (Phi) is 6.68. The van der Waals surface area contributed by atoms with E-state index in [9.17, 15) is 14.9 Å². The molecule has 0 atom stereocenters. The SMILES string of the molecule is COCCNC(=O)CCNc1cc([N+](=O)[O-])cc(Cl)n1. The average Bonchev–Trinajstić information content (AvgIpc) is 2.38. The quantitative estimate of drug-likeness (QED) is 0.323. The minimum absolute atomic E-state index is 0.0197. The third-order valence-corrected chi connectivity index (χ3v) is 2.47. The van der Waals surface area contributed by atoms with Crippen molar-refractivity contribution in [2.45, 2.75) is 6.42 Å². The third kappa shape index (κ3) is 5.81. The smallest absolute Gasteiger partial charge is 0.276 e. The molecule has 1 heterocycles. The van der Waals surface area contributed by atoms with Crippen LogP contribution in [0.25, 0.3) is 0 Å². The zero-order valence-corrected chi connectivity index (χ0v) is 11.6. The number of halogens is 1. The van der Waals surface area contributed by atoms with Gasteiger partial charge in [0, 0.05) is 26.6 Å². The fraction of sp³-hybridized carbons (Fsp3) is 0.455. The molecule has 110 valence electrons. The molecule has 0 spiro atoms. The number of hydrogen-bond acceptors (Lipinski definition) is 6. The van der Waals surface area contributed by atoms with Gasteiger partial charge in [-0.3, -0.25) is 14.9 Å². The highest BCUT2D eigenvalue weighted by atomic mass is 35.5. The first-order chi connectivity index (χ1) is 9.52. The van der Waals surface area contributed by atoms with Crippen LogP contribution in [0.2, 0.25) is 5.15 Å². The molecule has 8 nitrogen and oxygen atoms in total. The van der Waals surface area contributed by atoms with Crippen molar-refractivity contribution in [1.29, 1.82) is 0 Å². The number of anilines is 1. The zero-order valence-electron chi connectivity index (χ0n) is 10.9. The first kappa shape index (κ1) is 16.1. The molecule has 1 rings (SSSR count). The molecule has 0 radical (unpaired) electrons. The summed E-state index contributed by atoms with van der Waals surface area (Å²) in [6, 6.07) is 2.42. The number of amides is 1. The van der Waals surface area contributed by atoms with Crippen LogP contribution in [0, 0.1) is 10.1 Å². The van der Waals surface area contributed by atoms with Gasteiger partial charge in [-0.2, -0.15) is 0 Å². The fourth-order valence-electron chi connectivity index (χ4n) is 1.36. The lowest BCUT2D eigenvalue weighted by Gasteiger charge is -2.07. The van der Waals surface area contributed by atoms with Gasteiger partial charge in [0.25, 0.3) is 5.69 Å². The van der Waals surface area contributed by atoms with Crippen molar-refractivity contribution in [3.8, 4) is 0 Å². The van der Waals surface area contributed by atoms with Gasteiger partial charge in [-0.25, -0.2) is 4.98 Å². The maximum absolute atomic E-state index is 11.4. The van der Waals surface area contributed by atoms with Crippen molar-refractivity contribution < 1.29 is 14.5 Å². The Balaban J connectivity index is 2.42. The van der Waals surface area contributed by atoms with Crippen LogP contribution >= 0.6 is 11.6 Å². The number of ether oxygens (including phenoxy) is 1. The van der Waals surface area contributed by atoms with E-state index in [0.717, 1.165) is 6.07 Å². The van der Waals surface area contributed by atoms with Gasteiger partial charge < -0.3 is 15.4 Å². The second kappa shape index (κ2) is 8.28. The standard InChI is InChI=1S/C11H15ClN4O4/c1-20-5-4-14-11(17)2-3-13-10-7-8(16(18)19)6-9(12)15-10/h6-7H,2-5H2,1H3,(H,13,15)(H,14,17). The van der Waals surface area contributed by atoms with Crippen LogP contribution in [0.5, 0.6) is 0 Å². The summed E-state index contributed by atoms with van der Waals surface area (Å²) in [6.45, 7) is 1.18. The topological polar surface area (TPSA) is 106 Å². The highest BCUT2D eigenvalue weighted by Crippen LogP contribution is 2.20. The number of carbonyl (C=O) groups is 1. The number of nitrogens with zero attached hydrogens (tertiary/aromatic N) is 2. The van der Waals surface area contributed by atoms with Gasteiger partial charge in [-0.1, -0.05) is 11.6 Å². The van der Waals surface area contributed by atoms with Crippen molar-refractivity contribution in [3.63, 3.8) is 0 Å². The minimum atomic E-state index is -0.559. The Morgan fingerprint density at radius 3 is 2.90 bits per heavy atom. The fourth-order valence-corrected chi connectivity index (χ4v) is 1.57. The van der Waals surface area contributed by atoms with Gasteiger partial charge in [0.05, 0.1) is 23.7 Å². The molecule has 0 aliphatic rings. The summed E-state index contributed by atoms with van der Waals surface area (Å²) in [5, 5.41) is 16.1. The normalized spacial score (nSPS) is 10.1. The van der Waals surface area contributed by atoms with E-state index in [-0.39, 0.29) is 29.0 Å². The first-order valence-corrected chi connectivity index (χ1v) is 6.22. The molecule has 0 saturated carbocycles. The van der Waals surface area contributed by atoms with Crippen LogP contribution in [0.3, 0.4) is 0 Å². The van der Waals surface area contributed by atoms with E-state index in [1.54, 1.807) is 7.11 Å². The van der Waals surface area contributed by atoms with E-state index < -0.39 is 4.92 Å². The van der Waals surface area contributed by atoms with Gasteiger partial charge in [-0.05, 0) is 0 Å². The summed E-state index contributed by atoms with van der Waals surface area (Å²) in [6.07, 6.45) is 0.214. The molecule has 0 unspecified atom stereocenters. The summed E-state index contributed by atoms with van der Waals surface area (Å²) in [7, 11) is 1.55. The van der Waals surface area contributed by atoms with E-state index in [1.807, 2.05) is 0 Å². The Bertz CT molecular complexity index is 483. The number of methoxy groups -OCH3 is 1. The predicted octanol–water partition coefficient (Wildman–Crippen LogP) is 1.21. The number of carbonyl (C=O) groups excluding carboxylic acids is 1. The van der Waals surface area contributed by atoms with Crippen molar-refractivity contribution >= 4 is 29.0 Å². The number of nitro groups is 1. The lowest BCUT2D eigenvalue weighted by molar-refractivity contribution is -0.384. The molecule has 1 aromatic heterocycles. The van der Waals surface area contributed by atoms with Gasteiger partial charge in [0.15, 0.2) is 0 Å². The van der Waals surface area contributed by atoms with E-state index in [1.165, 1.54) is 6.07 Å². The molecule has 0 saturated heterocycles. The summed E-state index contributed by atoms with van der Waals surface area (Å²) >= 11 is 5.67. The number of aromatic nitrogens is 1. The lowest BCUT2D eigenvalue weighted by Crippen LogP contribution is -2.28. The van der Waals surface area contributed by atoms with Crippen LogP contribution in [-0.2, 0) is 9.53 Å². The molecule has 0 fully saturated rings. The van der Waals surface area contributed by atoms with Crippen LogP contribution in [0.1, 0.15) is 6.42 Å². The summed E-state index contributed by atoms with van der Waals surface area (Å²) in [5.74, 6) is 0.111. The molecule has 2 N–H and O–H groups in total. The molecule has 1 aromatic rings. The Labute approximate surface area is 120 Å². The highest BCUT2D eigenvalue weighted by molar-refractivity contribution is 6.29. The average molecular weight is 303 g/mol. The van der Waals surface area contributed by atoms with Crippen LogP contribution < -0.4 is 10.6 Å². The molecule has 0 aromatic carbocycles. The first-order valence-electron chi connectivity index (χ1n) is 5.84. The molecular weight excluding hydrogens is 288 g/mol.